The van der Waals surface area contributed by atoms with Crippen LogP contribution >= 0.6 is 0 Å². The number of amides is 1. The van der Waals surface area contributed by atoms with Crippen molar-refractivity contribution in [3.05, 3.63) is 95.1 Å². The monoisotopic (exact) mass is 482 g/mol. The molecular formula is C28H22N2O6. The number of fused-ring (bicyclic) bond motifs is 2. The van der Waals surface area contributed by atoms with E-state index in [0.29, 0.717) is 35.1 Å². The van der Waals surface area contributed by atoms with E-state index < -0.39 is 24.5 Å². The fourth-order valence-electron chi connectivity index (χ4n) is 4.33. The van der Waals surface area contributed by atoms with Crippen LogP contribution in [0.15, 0.2) is 71.3 Å². The second kappa shape index (κ2) is 9.87. The molecule has 5 rings (SSSR count). The number of rotatable bonds is 6. The highest BCUT2D eigenvalue weighted by Gasteiger charge is 2.28. The molecule has 0 radical (unpaired) electrons. The Labute approximate surface area is 206 Å². The third kappa shape index (κ3) is 4.48. The Bertz CT molecular complexity index is 1500. The van der Waals surface area contributed by atoms with Crippen molar-refractivity contribution < 1.29 is 28.3 Å². The maximum Gasteiger partial charge on any atom is 0.339 e. The fraction of sp³-hybridized carbons (Fsp3) is 0.143. The third-order valence-corrected chi connectivity index (χ3v) is 5.95. The van der Waals surface area contributed by atoms with Crippen molar-refractivity contribution >= 4 is 46.1 Å². The number of ether oxygens (including phenoxy) is 2. The number of nitrogens with one attached hydrogen (secondary N) is 1. The molecule has 1 aliphatic rings. The van der Waals surface area contributed by atoms with Crippen LogP contribution in [0.2, 0.25) is 0 Å². The van der Waals surface area contributed by atoms with Gasteiger partial charge in [-0.15, -0.1) is 0 Å². The highest BCUT2D eigenvalue weighted by Crippen LogP contribution is 2.37. The van der Waals surface area contributed by atoms with E-state index in [1.165, 1.54) is 13.2 Å². The smallest absolute Gasteiger partial charge is 0.339 e. The minimum absolute atomic E-state index is 0.202. The zero-order valence-corrected chi connectivity index (χ0v) is 19.4. The Hall–Kier alpha value is -4.72. The van der Waals surface area contributed by atoms with Crippen molar-refractivity contribution in [2.24, 2.45) is 0 Å². The largest absolute Gasteiger partial charge is 0.465 e. The van der Waals surface area contributed by atoms with E-state index >= 15 is 0 Å². The molecule has 180 valence electrons. The molecule has 4 aromatic rings. The standard InChI is InChI=1S/C28H22N2O6/c1-34-27(32)20-9-3-5-11-23(20)29-24(31)16-36-28(33)25-19-8-2-4-10-22(19)30-26-17(12-13-21(25)26)15-18-7-6-14-35-18/h2-11,14-15H,12-13,16H2,1H3,(H,29,31)/b17-15-. The molecule has 0 unspecified atom stereocenters. The Balaban J connectivity index is 1.40. The number of carbonyl (C=O) groups is 3. The van der Waals surface area contributed by atoms with Crippen LogP contribution in [0.5, 0.6) is 0 Å². The SMILES string of the molecule is COC(=O)c1ccccc1NC(=O)COC(=O)c1c2c(nc3ccccc13)/C(=C\c1ccco1)CC2. The van der Waals surface area contributed by atoms with Crippen molar-refractivity contribution in [3.63, 3.8) is 0 Å². The van der Waals surface area contributed by atoms with Crippen molar-refractivity contribution in [2.75, 3.05) is 19.0 Å². The Kier molecular flexibility index (Phi) is 6.32. The molecule has 36 heavy (non-hydrogen) atoms. The summed E-state index contributed by atoms with van der Waals surface area (Å²) in [7, 11) is 1.26. The molecule has 2 aromatic carbocycles. The molecule has 0 atom stereocenters. The number of benzene rings is 2. The number of pyridine rings is 1. The third-order valence-electron chi connectivity index (χ3n) is 5.95. The second-order valence-corrected chi connectivity index (χ2v) is 8.18. The molecule has 0 bridgehead atoms. The van der Waals surface area contributed by atoms with Gasteiger partial charge in [0.15, 0.2) is 6.61 Å². The van der Waals surface area contributed by atoms with Crippen molar-refractivity contribution in [1.29, 1.82) is 0 Å². The van der Waals surface area contributed by atoms with Gasteiger partial charge in [0.25, 0.3) is 5.91 Å². The van der Waals surface area contributed by atoms with Gasteiger partial charge in [0.2, 0.25) is 0 Å². The Morgan fingerprint density at radius 3 is 2.61 bits per heavy atom. The lowest BCUT2D eigenvalue weighted by Gasteiger charge is -2.13. The van der Waals surface area contributed by atoms with Gasteiger partial charge < -0.3 is 19.2 Å². The lowest BCUT2D eigenvalue weighted by Crippen LogP contribution is -2.23. The number of esters is 2. The Morgan fingerprint density at radius 2 is 1.81 bits per heavy atom. The number of allylic oxidation sites excluding steroid dienone is 1. The predicted molar refractivity (Wildman–Crippen MR) is 133 cm³/mol. The van der Waals surface area contributed by atoms with E-state index in [9.17, 15) is 14.4 Å². The van der Waals surface area contributed by atoms with Gasteiger partial charge in [-0.05, 0) is 60.4 Å². The molecule has 0 aliphatic heterocycles. The lowest BCUT2D eigenvalue weighted by molar-refractivity contribution is -0.119. The molecule has 8 heteroatoms. The number of hydrogen-bond donors (Lipinski definition) is 1. The van der Waals surface area contributed by atoms with Crippen LogP contribution in [0.25, 0.3) is 22.6 Å². The van der Waals surface area contributed by atoms with Gasteiger partial charge in [0.1, 0.15) is 5.76 Å². The number of carbonyl (C=O) groups excluding carboxylic acids is 3. The summed E-state index contributed by atoms with van der Waals surface area (Å²) in [5, 5.41) is 3.27. The summed E-state index contributed by atoms with van der Waals surface area (Å²) in [5.41, 5.74) is 4.02. The first-order chi connectivity index (χ1) is 17.5. The maximum absolute atomic E-state index is 13.3. The van der Waals surface area contributed by atoms with Crippen LogP contribution in [-0.2, 0) is 20.7 Å². The van der Waals surface area contributed by atoms with E-state index in [2.05, 4.69) is 5.32 Å². The molecule has 0 spiro atoms. The topological polar surface area (TPSA) is 108 Å². The number of hydrogen-bond acceptors (Lipinski definition) is 7. The minimum Gasteiger partial charge on any atom is -0.465 e. The van der Waals surface area contributed by atoms with Crippen LogP contribution in [0.4, 0.5) is 5.69 Å². The summed E-state index contributed by atoms with van der Waals surface area (Å²) in [6.45, 7) is -0.519. The van der Waals surface area contributed by atoms with Gasteiger partial charge in [-0.1, -0.05) is 30.3 Å². The van der Waals surface area contributed by atoms with Crippen molar-refractivity contribution in [1.82, 2.24) is 4.98 Å². The van der Waals surface area contributed by atoms with Gasteiger partial charge in [-0.3, -0.25) is 4.79 Å². The van der Waals surface area contributed by atoms with Gasteiger partial charge >= 0.3 is 11.9 Å². The van der Waals surface area contributed by atoms with Crippen LogP contribution in [0, 0.1) is 0 Å². The molecule has 0 fully saturated rings. The summed E-state index contributed by atoms with van der Waals surface area (Å²) < 4.78 is 15.6. The van der Waals surface area contributed by atoms with E-state index in [0.717, 1.165) is 16.8 Å². The van der Waals surface area contributed by atoms with Gasteiger partial charge in [0, 0.05) is 5.39 Å². The zero-order chi connectivity index (χ0) is 25.1. The number of methoxy groups -OCH3 is 1. The number of aromatic nitrogens is 1. The first-order valence-electron chi connectivity index (χ1n) is 11.4. The van der Waals surface area contributed by atoms with Crippen molar-refractivity contribution in [2.45, 2.75) is 12.8 Å². The average Bonchev–Trinajstić information content (AvgIpc) is 3.56. The van der Waals surface area contributed by atoms with E-state index in [1.807, 2.05) is 42.5 Å². The van der Waals surface area contributed by atoms with Gasteiger partial charge in [-0.25, -0.2) is 14.6 Å². The van der Waals surface area contributed by atoms with Crippen LogP contribution < -0.4 is 5.32 Å². The highest BCUT2D eigenvalue weighted by molar-refractivity contribution is 6.08. The lowest BCUT2D eigenvalue weighted by atomic mass is 10.0. The minimum atomic E-state index is -0.611. The molecule has 1 aliphatic carbocycles. The number of anilines is 1. The number of para-hydroxylation sites is 2. The molecule has 0 saturated carbocycles. The van der Waals surface area contributed by atoms with Crippen LogP contribution in [-0.4, -0.2) is 36.5 Å². The first-order valence-corrected chi connectivity index (χ1v) is 11.4. The average molecular weight is 482 g/mol. The fourth-order valence-corrected chi connectivity index (χ4v) is 4.33. The van der Waals surface area contributed by atoms with E-state index in [4.69, 9.17) is 18.9 Å². The number of nitrogens with zero attached hydrogens (tertiary/aromatic N) is 1. The maximum atomic E-state index is 13.3. The van der Waals surface area contributed by atoms with E-state index in [-0.39, 0.29) is 11.3 Å². The van der Waals surface area contributed by atoms with Gasteiger partial charge in [-0.2, -0.15) is 0 Å². The van der Waals surface area contributed by atoms with Crippen LogP contribution in [0.1, 0.15) is 44.2 Å². The Morgan fingerprint density at radius 1 is 1.00 bits per heavy atom. The summed E-state index contributed by atoms with van der Waals surface area (Å²) in [5.74, 6) is -1.06. The second-order valence-electron chi connectivity index (χ2n) is 8.18. The number of furan rings is 1. The summed E-state index contributed by atoms with van der Waals surface area (Å²) in [4.78, 5) is 42.6. The van der Waals surface area contributed by atoms with Crippen LogP contribution in [0.3, 0.4) is 0 Å². The molecule has 2 aromatic heterocycles. The highest BCUT2D eigenvalue weighted by atomic mass is 16.5. The molecule has 8 nitrogen and oxygen atoms in total. The molecule has 1 amide bonds. The van der Waals surface area contributed by atoms with Gasteiger partial charge in [0.05, 0.1) is 41.4 Å². The summed E-state index contributed by atoms with van der Waals surface area (Å²) in [6.07, 6.45) is 4.84. The zero-order valence-electron chi connectivity index (χ0n) is 19.4. The first kappa shape index (κ1) is 23.0. The molecule has 1 N–H and O–H groups in total. The normalized spacial score (nSPS) is 13.4. The summed E-state index contributed by atoms with van der Waals surface area (Å²) >= 11 is 0. The van der Waals surface area contributed by atoms with E-state index in [1.54, 1.807) is 24.5 Å². The molecular weight excluding hydrogens is 460 g/mol. The quantitative estimate of drug-likeness (QED) is 0.390. The molecule has 2 heterocycles. The van der Waals surface area contributed by atoms with Crippen molar-refractivity contribution in [3.8, 4) is 0 Å². The molecule has 0 saturated heterocycles. The summed E-state index contributed by atoms with van der Waals surface area (Å²) in [6, 6.07) is 17.5. The predicted octanol–water partition coefficient (Wildman–Crippen LogP) is 4.90.